The third-order valence-electron chi connectivity index (χ3n) is 6.29. The highest BCUT2D eigenvalue weighted by atomic mass is 32.2. The number of hydrogen-bond donors (Lipinski definition) is 0. The van der Waals surface area contributed by atoms with Crippen LogP contribution in [0.1, 0.15) is 66.6 Å². The Bertz CT molecular complexity index is 1200. The molecule has 1 heterocycles. The predicted molar refractivity (Wildman–Crippen MR) is 151 cm³/mol. The molecule has 0 amide bonds. The molecule has 2 aromatic carbocycles. The lowest BCUT2D eigenvalue weighted by Crippen LogP contribution is -1.97. The molecule has 0 unspecified atom stereocenters. The van der Waals surface area contributed by atoms with Crippen molar-refractivity contribution < 1.29 is 4.79 Å². The molecule has 0 aliphatic rings. The number of carbonyl (C=O) groups excluding carboxylic acids is 1. The molecule has 0 saturated heterocycles. The van der Waals surface area contributed by atoms with Gasteiger partial charge in [-0.25, -0.2) is 4.98 Å². The summed E-state index contributed by atoms with van der Waals surface area (Å²) in [4.78, 5) is 16.1. The van der Waals surface area contributed by atoms with E-state index in [1.54, 1.807) is 6.92 Å². The molecule has 0 saturated carbocycles. The number of aromatic nitrogens is 1. The number of thioether (sulfide) groups is 1. The summed E-state index contributed by atoms with van der Waals surface area (Å²) in [6, 6.07) is 15.1. The van der Waals surface area contributed by atoms with Gasteiger partial charge in [0, 0.05) is 11.8 Å². The molecule has 0 spiro atoms. The van der Waals surface area contributed by atoms with Crippen LogP contribution in [0.25, 0.3) is 22.0 Å². The van der Waals surface area contributed by atoms with Crippen molar-refractivity contribution in [3.63, 3.8) is 0 Å². The van der Waals surface area contributed by atoms with Gasteiger partial charge in [-0.1, -0.05) is 30.8 Å². The summed E-state index contributed by atoms with van der Waals surface area (Å²) in [6.07, 6.45) is 9.35. The maximum Gasteiger partial charge on any atom is 0.130 e. The van der Waals surface area contributed by atoms with Crippen molar-refractivity contribution in [2.45, 2.75) is 59.8 Å². The molecule has 34 heavy (non-hydrogen) atoms. The third-order valence-corrected chi connectivity index (χ3v) is 6.99. The average Bonchev–Trinajstić information content (AvgIpc) is 2.79. The number of nitrogens with zero attached hydrogens (tertiary/aromatic N) is 1. The van der Waals surface area contributed by atoms with Crippen molar-refractivity contribution in [1.29, 1.82) is 0 Å². The van der Waals surface area contributed by atoms with Gasteiger partial charge in [0.15, 0.2) is 0 Å². The van der Waals surface area contributed by atoms with Crippen LogP contribution < -0.4 is 0 Å². The zero-order chi connectivity index (χ0) is 24.7. The largest absolute Gasteiger partial charge is 0.300 e. The number of unbranched alkanes of at least 4 members (excludes halogenated alkanes) is 1. The standard InChI is InChI=1S/C31H37NOS/c1-21(29-15-13-28-20-26(11-10-25(5)33)12-14-30(28)32-29)17-22(2)31-23(3)18-27(19-24(31)4)9-7-8-16-34-6/h12-15,17-20H,1,7-11,16H2,2-6H3/b22-17+. The minimum Gasteiger partial charge on any atom is -0.300 e. The Hall–Kier alpha value is -2.65. The Morgan fingerprint density at radius 3 is 2.38 bits per heavy atom. The predicted octanol–water partition coefficient (Wildman–Crippen LogP) is 8.18. The molecule has 0 N–H and O–H groups in total. The highest BCUT2D eigenvalue weighted by molar-refractivity contribution is 7.98. The van der Waals surface area contributed by atoms with Gasteiger partial charge in [0.05, 0.1) is 11.2 Å². The van der Waals surface area contributed by atoms with E-state index in [9.17, 15) is 4.79 Å². The van der Waals surface area contributed by atoms with Crippen LogP contribution in [-0.2, 0) is 17.6 Å². The molecule has 3 rings (SSSR count). The van der Waals surface area contributed by atoms with Crippen molar-refractivity contribution in [2.75, 3.05) is 12.0 Å². The number of Topliss-reactive ketones (excluding diaryl/α,β-unsaturated/α-hetero) is 1. The summed E-state index contributed by atoms with van der Waals surface area (Å²) in [5.74, 6) is 1.46. The van der Waals surface area contributed by atoms with Crippen LogP contribution in [-0.4, -0.2) is 22.8 Å². The lowest BCUT2D eigenvalue weighted by Gasteiger charge is -2.14. The maximum absolute atomic E-state index is 11.3. The van der Waals surface area contributed by atoms with E-state index >= 15 is 0 Å². The molecule has 0 aliphatic heterocycles. The van der Waals surface area contributed by atoms with E-state index in [0.29, 0.717) is 6.42 Å². The topological polar surface area (TPSA) is 30.0 Å². The Kier molecular flexibility index (Phi) is 9.29. The van der Waals surface area contributed by atoms with Gasteiger partial charge in [0.2, 0.25) is 0 Å². The second-order valence-corrected chi connectivity index (χ2v) is 10.3. The van der Waals surface area contributed by atoms with Crippen molar-refractivity contribution in [1.82, 2.24) is 4.98 Å². The molecule has 0 fully saturated rings. The average molecular weight is 472 g/mol. The Balaban J connectivity index is 1.77. The van der Waals surface area contributed by atoms with Gasteiger partial charge in [-0.05, 0) is 129 Å². The molecular weight excluding hydrogens is 434 g/mol. The van der Waals surface area contributed by atoms with Crippen molar-refractivity contribution in [3.05, 3.63) is 88.6 Å². The van der Waals surface area contributed by atoms with E-state index in [2.05, 4.69) is 70.0 Å². The fourth-order valence-electron chi connectivity index (χ4n) is 4.63. The number of pyridine rings is 1. The van der Waals surface area contributed by atoms with E-state index in [1.807, 2.05) is 23.9 Å². The van der Waals surface area contributed by atoms with Crippen LogP contribution in [0.2, 0.25) is 0 Å². The number of hydrogen-bond acceptors (Lipinski definition) is 3. The summed E-state index contributed by atoms with van der Waals surface area (Å²) in [5, 5.41) is 1.10. The van der Waals surface area contributed by atoms with Crippen LogP contribution in [0.4, 0.5) is 0 Å². The van der Waals surface area contributed by atoms with Crippen molar-refractivity contribution >= 4 is 39.6 Å². The smallest absolute Gasteiger partial charge is 0.130 e. The van der Waals surface area contributed by atoms with Crippen molar-refractivity contribution in [2.24, 2.45) is 0 Å². The summed E-state index contributed by atoms with van der Waals surface area (Å²) in [6.45, 7) is 12.6. The molecule has 3 heteroatoms. The molecule has 0 aliphatic carbocycles. The monoisotopic (exact) mass is 471 g/mol. The van der Waals surface area contributed by atoms with Gasteiger partial charge < -0.3 is 4.79 Å². The van der Waals surface area contributed by atoms with Crippen LogP contribution in [0.5, 0.6) is 0 Å². The first-order valence-electron chi connectivity index (χ1n) is 12.1. The summed E-state index contributed by atoms with van der Waals surface area (Å²) in [5.41, 5.74) is 10.5. The number of fused-ring (bicyclic) bond motifs is 1. The van der Waals surface area contributed by atoms with Gasteiger partial charge in [0.25, 0.3) is 0 Å². The SMILES string of the molecule is C=C(/C=C(\C)c1c(C)cc(CCCCSC)cc1C)c1ccc2cc(CCC(C)=O)ccc2n1. The van der Waals surface area contributed by atoms with E-state index in [4.69, 9.17) is 4.98 Å². The van der Waals surface area contributed by atoms with Gasteiger partial charge >= 0.3 is 0 Å². The lowest BCUT2D eigenvalue weighted by atomic mass is 9.91. The quantitative estimate of drug-likeness (QED) is 0.209. The van der Waals surface area contributed by atoms with Crippen LogP contribution in [0, 0.1) is 13.8 Å². The zero-order valence-corrected chi connectivity index (χ0v) is 22.1. The number of carbonyl (C=O) groups is 1. The first kappa shape index (κ1) is 26.0. The van der Waals surface area contributed by atoms with E-state index < -0.39 is 0 Å². The Morgan fingerprint density at radius 1 is 0.971 bits per heavy atom. The van der Waals surface area contributed by atoms with Crippen LogP contribution >= 0.6 is 11.8 Å². The Labute approximate surface area is 209 Å². The first-order valence-corrected chi connectivity index (χ1v) is 13.5. The maximum atomic E-state index is 11.3. The lowest BCUT2D eigenvalue weighted by molar-refractivity contribution is -0.116. The number of allylic oxidation sites excluding steroid dienone is 3. The second-order valence-electron chi connectivity index (χ2n) is 9.33. The molecule has 0 atom stereocenters. The molecule has 3 aromatic rings. The van der Waals surface area contributed by atoms with E-state index in [1.165, 1.54) is 52.0 Å². The molecular formula is C31H37NOS. The second kappa shape index (κ2) is 12.2. The minimum atomic E-state index is 0.221. The zero-order valence-electron chi connectivity index (χ0n) is 21.3. The summed E-state index contributed by atoms with van der Waals surface area (Å²) >= 11 is 1.93. The highest BCUT2D eigenvalue weighted by Gasteiger charge is 2.09. The fourth-order valence-corrected chi connectivity index (χ4v) is 5.13. The van der Waals surface area contributed by atoms with Gasteiger partial charge in [-0.15, -0.1) is 0 Å². The minimum absolute atomic E-state index is 0.221. The molecule has 178 valence electrons. The van der Waals surface area contributed by atoms with E-state index in [-0.39, 0.29) is 5.78 Å². The normalized spacial score (nSPS) is 11.7. The third kappa shape index (κ3) is 6.93. The summed E-state index contributed by atoms with van der Waals surface area (Å²) < 4.78 is 0. The number of aryl methyl sites for hydroxylation is 4. The van der Waals surface area contributed by atoms with Crippen molar-refractivity contribution in [3.8, 4) is 0 Å². The summed E-state index contributed by atoms with van der Waals surface area (Å²) in [7, 11) is 0. The molecule has 1 aromatic heterocycles. The molecule has 0 radical (unpaired) electrons. The first-order chi connectivity index (χ1) is 16.3. The number of ketones is 1. The Morgan fingerprint density at radius 2 is 1.71 bits per heavy atom. The molecule has 0 bridgehead atoms. The van der Waals surface area contributed by atoms with Crippen LogP contribution in [0.3, 0.4) is 0 Å². The molecule has 2 nitrogen and oxygen atoms in total. The van der Waals surface area contributed by atoms with Gasteiger partial charge in [-0.2, -0.15) is 11.8 Å². The van der Waals surface area contributed by atoms with Gasteiger partial charge in [-0.3, -0.25) is 0 Å². The van der Waals surface area contributed by atoms with Gasteiger partial charge in [0.1, 0.15) is 5.78 Å². The number of rotatable bonds is 11. The van der Waals surface area contributed by atoms with Crippen LogP contribution in [0.15, 0.2) is 55.1 Å². The fraction of sp³-hybridized carbons (Fsp3) is 0.355. The highest BCUT2D eigenvalue weighted by Crippen LogP contribution is 2.28. The number of benzene rings is 2. The van der Waals surface area contributed by atoms with E-state index in [0.717, 1.165) is 35.0 Å².